The molecular weight excluding hydrogens is 466 g/mol. The number of carbonyl (C=O) groups excluding carboxylic acids is 1. The molecule has 0 saturated heterocycles. The summed E-state index contributed by atoms with van der Waals surface area (Å²) in [7, 11) is -2.09. The van der Waals surface area contributed by atoms with E-state index in [1.807, 2.05) is 31.2 Å². The van der Waals surface area contributed by atoms with Crippen molar-refractivity contribution in [3.8, 4) is 5.75 Å². The Labute approximate surface area is 194 Å². The van der Waals surface area contributed by atoms with Crippen molar-refractivity contribution in [2.75, 3.05) is 29.4 Å². The molecule has 7 nitrogen and oxygen atoms in total. The molecule has 0 saturated carbocycles. The highest BCUT2D eigenvalue weighted by molar-refractivity contribution is 7.94. The Morgan fingerprint density at radius 1 is 1.06 bits per heavy atom. The first-order valence-corrected chi connectivity index (χ1v) is 12.9. The first kappa shape index (κ1) is 22.3. The highest BCUT2D eigenvalue weighted by atomic mass is 32.2. The maximum atomic E-state index is 12.7. The van der Waals surface area contributed by atoms with Crippen molar-refractivity contribution >= 4 is 59.6 Å². The first-order valence-electron chi connectivity index (χ1n) is 9.81. The Bertz CT molecular complexity index is 1280. The van der Waals surface area contributed by atoms with Crippen molar-refractivity contribution in [1.82, 2.24) is 4.98 Å². The molecule has 0 aliphatic carbocycles. The number of thiazole rings is 1. The number of thiophene rings is 1. The summed E-state index contributed by atoms with van der Waals surface area (Å²) in [6.45, 7) is 2.22. The van der Waals surface area contributed by atoms with Crippen LogP contribution < -0.4 is 13.9 Å². The van der Waals surface area contributed by atoms with E-state index in [9.17, 15) is 13.2 Å². The molecule has 4 aromatic rings. The largest absolute Gasteiger partial charge is 0.484 e. The van der Waals surface area contributed by atoms with E-state index >= 15 is 0 Å². The topological polar surface area (TPSA) is 79.8 Å². The molecule has 0 radical (unpaired) electrons. The molecule has 4 rings (SSSR count). The molecule has 2 aromatic heterocycles. The van der Waals surface area contributed by atoms with E-state index in [1.165, 1.54) is 34.0 Å². The number of carbonyl (C=O) groups is 1. The molecule has 0 atom stereocenters. The van der Waals surface area contributed by atoms with Crippen LogP contribution in [0.15, 0.2) is 70.3 Å². The maximum absolute atomic E-state index is 12.7. The second-order valence-electron chi connectivity index (χ2n) is 6.79. The summed E-state index contributed by atoms with van der Waals surface area (Å²) in [6, 6.07) is 17.6. The molecule has 0 spiro atoms. The third-order valence-corrected chi connectivity index (χ3v) is 9.02. The number of para-hydroxylation sites is 1. The number of hydrogen-bond acceptors (Lipinski definition) is 7. The summed E-state index contributed by atoms with van der Waals surface area (Å²) in [6.07, 6.45) is 0. The van der Waals surface area contributed by atoms with Crippen LogP contribution in [-0.4, -0.2) is 39.5 Å². The lowest BCUT2D eigenvalue weighted by Gasteiger charge is -2.19. The molecule has 0 aliphatic heterocycles. The Balaban J connectivity index is 1.41. The van der Waals surface area contributed by atoms with Gasteiger partial charge in [0.15, 0.2) is 11.7 Å². The average Bonchev–Trinajstić information content (AvgIpc) is 3.48. The summed E-state index contributed by atoms with van der Waals surface area (Å²) >= 11 is 2.63. The van der Waals surface area contributed by atoms with Gasteiger partial charge >= 0.3 is 0 Å². The van der Waals surface area contributed by atoms with Gasteiger partial charge in [-0.25, -0.2) is 13.4 Å². The lowest BCUT2D eigenvalue weighted by atomic mass is 10.3. The third kappa shape index (κ3) is 4.47. The van der Waals surface area contributed by atoms with Crippen molar-refractivity contribution in [3.05, 3.63) is 66.0 Å². The SMILES string of the molecule is CCN(C(=O)COc1ccc(N(C)S(=O)(=O)c2cccs2)cc1)c1nc2ccccc2s1. The quantitative estimate of drug-likeness (QED) is 0.362. The van der Waals surface area contributed by atoms with Crippen molar-refractivity contribution in [1.29, 1.82) is 0 Å². The number of hydrogen-bond donors (Lipinski definition) is 0. The summed E-state index contributed by atoms with van der Waals surface area (Å²) in [4.78, 5) is 18.9. The molecule has 2 heterocycles. The lowest BCUT2D eigenvalue weighted by Crippen LogP contribution is -2.34. The van der Waals surface area contributed by atoms with Crippen LogP contribution in [0.4, 0.5) is 10.8 Å². The number of aromatic nitrogens is 1. The molecule has 166 valence electrons. The van der Waals surface area contributed by atoms with Gasteiger partial charge in [-0.3, -0.25) is 14.0 Å². The number of nitrogens with zero attached hydrogens (tertiary/aromatic N) is 3. The van der Waals surface area contributed by atoms with Crippen molar-refractivity contribution in [3.63, 3.8) is 0 Å². The number of ether oxygens (including phenoxy) is 1. The van der Waals surface area contributed by atoms with E-state index in [-0.39, 0.29) is 16.7 Å². The standard InChI is InChI=1S/C22H21N3O4S3/c1-3-25(22-23-18-7-4-5-8-19(18)31-22)20(26)15-29-17-12-10-16(11-13-17)24(2)32(27,28)21-9-6-14-30-21/h4-14H,3,15H2,1-2H3. The number of anilines is 2. The second-order valence-corrected chi connectivity index (χ2v) is 10.9. The van der Waals surface area contributed by atoms with Gasteiger partial charge in [0, 0.05) is 13.6 Å². The van der Waals surface area contributed by atoms with Gasteiger partial charge in [0.1, 0.15) is 9.96 Å². The van der Waals surface area contributed by atoms with Crippen LogP contribution in [0.1, 0.15) is 6.92 Å². The molecule has 1 amide bonds. The van der Waals surface area contributed by atoms with Crippen LogP contribution in [0.5, 0.6) is 5.75 Å². The zero-order chi connectivity index (χ0) is 22.7. The smallest absolute Gasteiger partial charge is 0.273 e. The van der Waals surface area contributed by atoms with E-state index in [2.05, 4.69) is 4.98 Å². The van der Waals surface area contributed by atoms with Gasteiger partial charge in [0.25, 0.3) is 15.9 Å². The molecule has 0 aliphatic rings. The highest BCUT2D eigenvalue weighted by Crippen LogP contribution is 2.29. The maximum Gasteiger partial charge on any atom is 0.273 e. The van der Waals surface area contributed by atoms with E-state index in [0.717, 1.165) is 10.2 Å². The number of amides is 1. The average molecular weight is 488 g/mol. The van der Waals surface area contributed by atoms with Crippen LogP contribution in [0.3, 0.4) is 0 Å². The lowest BCUT2D eigenvalue weighted by molar-refractivity contribution is -0.120. The minimum absolute atomic E-state index is 0.146. The Hall–Kier alpha value is -2.95. The number of fused-ring (bicyclic) bond motifs is 1. The molecule has 0 fully saturated rings. The normalized spacial score (nSPS) is 11.4. The number of benzene rings is 2. The Kier molecular flexibility index (Phi) is 6.45. The zero-order valence-electron chi connectivity index (χ0n) is 17.5. The van der Waals surface area contributed by atoms with Gasteiger partial charge in [-0.15, -0.1) is 11.3 Å². The predicted octanol–water partition coefficient (Wildman–Crippen LogP) is 4.61. The molecule has 0 bridgehead atoms. The van der Waals surface area contributed by atoms with Gasteiger partial charge in [-0.05, 0) is 54.8 Å². The second kappa shape index (κ2) is 9.27. The third-order valence-electron chi connectivity index (χ3n) is 4.80. The monoisotopic (exact) mass is 487 g/mol. The van der Waals surface area contributed by atoms with Gasteiger partial charge < -0.3 is 4.74 Å². The fourth-order valence-electron chi connectivity index (χ4n) is 3.05. The van der Waals surface area contributed by atoms with Crippen molar-refractivity contribution in [2.24, 2.45) is 0 Å². The molecule has 10 heteroatoms. The predicted molar refractivity (Wildman–Crippen MR) is 129 cm³/mol. The van der Waals surface area contributed by atoms with Crippen molar-refractivity contribution in [2.45, 2.75) is 11.1 Å². The number of likely N-dealkylation sites (N-methyl/N-ethyl adjacent to an activating group) is 1. The number of sulfonamides is 1. The van der Waals surface area contributed by atoms with Gasteiger partial charge in [0.05, 0.1) is 15.9 Å². The van der Waals surface area contributed by atoms with Crippen LogP contribution >= 0.6 is 22.7 Å². The van der Waals surface area contributed by atoms with Gasteiger partial charge in [0.2, 0.25) is 0 Å². The summed E-state index contributed by atoms with van der Waals surface area (Å²) < 4.78 is 33.5. The van der Waals surface area contributed by atoms with Crippen LogP contribution in [0.2, 0.25) is 0 Å². The Morgan fingerprint density at radius 2 is 1.81 bits per heavy atom. The molecule has 0 N–H and O–H groups in total. The Morgan fingerprint density at radius 3 is 2.47 bits per heavy atom. The fraction of sp³-hybridized carbons (Fsp3) is 0.182. The van der Waals surface area contributed by atoms with Gasteiger partial charge in [-0.1, -0.05) is 29.5 Å². The van der Waals surface area contributed by atoms with Crippen molar-refractivity contribution < 1.29 is 17.9 Å². The fourth-order valence-corrected chi connectivity index (χ4v) is 6.46. The van der Waals surface area contributed by atoms with Crippen LogP contribution in [-0.2, 0) is 14.8 Å². The molecular formula is C22H21N3O4S3. The van der Waals surface area contributed by atoms with E-state index in [0.29, 0.717) is 23.1 Å². The molecule has 2 aromatic carbocycles. The minimum Gasteiger partial charge on any atom is -0.484 e. The number of rotatable bonds is 8. The highest BCUT2D eigenvalue weighted by Gasteiger charge is 2.22. The van der Waals surface area contributed by atoms with E-state index in [4.69, 9.17) is 4.74 Å². The summed E-state index contributed by atoms with van der Waals surface area (Å²) in [5.41, 5.74) is 1.36. The van der Waals surface area contributed by atoms with E-state index < -0.39 is 10.0 Å². The van der Waals surface area contributed by atoms with Crippen LogP contribution in [0, 0.1) is 0 Å². The first-order chi connectivity index (χ1) is 15.4. The molecule has 0 unspecified atom stereocenters. The molecule has 32 heavy (non-hydrogen) atoms. The summed E-state index contributed by atoms with van der Waals surface area (Å²) in [5, 5.41) is 2.36. The van der Waals surface area contributed by atoms with Gasteiger partial charge in [-0.2, -0.15) is 0 Å². The zero-order valence-corrected chi connectivity index (χ0v) is 19.9. The van der Waals surface area contributed by atoms with E-state index in [1.54, 1.807) is 46.7 Å². The minimum atomic E-state index is -3.60. The van der Waals surface area contributed by atoms with Crippen LogP contribution in [0.25, 0.3) is 10.2 Å². The summed E-state index contributed by atoms with van der Waals surface area (Å²) in [5.74, 6) is 0.275.